The van der Waals surface area contributed by atoms with Crippen molar-refractivity contribution in [2.75, 3.05) is 26.4 Å². The number of ether oxygens (including phenoxy) is 4. The van der Waals surface area contributed by atoms with Gasteiger partial charge in [-0.15, -0.1) is 36.2 Å². The van der Waals surface area contributed by atoms with Crippen LogP contribution in [0.25, 0.3) is 0 Å². The van der Waals surface area contributed by atoms with Crippen LogP contribution in [0.1, 0.15) is 80.6 Å². The van der Waals surface area contributed by atoms with Gasteiger partial charge in [-0.25, -0.2) is 4.79 Å². The van der Waals surface area contributed by atoms with E-state index in [1.54, 1.807) is 34.6 Å². The number of rotatable bonds is 17. The van der Waals surface area contributed by atoms with Gasteiger partial charge in [-0.05, 0) is 47.0 Å². The van der Waals surface area contributed by atoms with Crippen molar-refractivity contribution in [3.05, 3.63) is 23.5 Å². The Morgan fingerprint density at radius 2 is 1.35 bits per heavy atom. The fourth-order valence-corrected chi connectivity index (χ4v) is 4.76. The number of hydrogen-bond acceptors (Lipinski definition) is 12. The van der Waals surface area contributed by atoms with E-state index in [4.69, 9.17) is 26.4 Å². The van der Waals surface area contributed by atoms with Gasteiger partial charge in [-0.1, -0.05) is 59.0 Å². The maximum Gasteiger partial charge on any atom is 0.330 e. The molecule has 0 rings (SSSR count). The first-order valence-corrected chi connectivity index (χ1v) is 15.9. The van der Waals surface area contributed by atoms with Crippen molar-refractivity contribution >= 4 is 76.4 Å². The normalized spacial score (nSPS) is 12.0. The molecule has 0 bridgehead atoms. The van der Waals surface area contributed by atoms with E-state index in [2.05, 4.69) is 30.5 Å². The van der Waals surface area contributed by atoms with E-state index in [0.717, 1.165) is 29.9 Å². The second-order valence-electron chi connectivity index (χ2n) is 8.14. The lowest BCUT2D eigenvalue weighted by Crippen LogP contribution is -2.26. The predicted octanol–water partition coefficient (Wildman–Crippen LogP) is 6.96. The number of thiocarbonyl (C=S) groups is 1. The maximum atomic E-state index is 12.0. The molecule has 0 heterocycles. The standard InChI is InChI=1S/C14H24O4S2.C7H12O2S2.C7H12O2/c1-5-7-8-18-14(16)12(20-11(4)19)9-10(3)13(15)17-6-2;1-4-9-7(8)5(2)11-6(3)10;1-3-5-6-9-7(8)4-2/h10,12,19H,4-9H2,1-3H3;5H,4H2,1-3H3;4H,2-3,5-6H2,1H3. The van der Waals surface area contributed by atoms with E-state index >= 15 is 0 Å². The van der Waals surface area contributed by atoms with Gasteiger partial charge >= 0.3 is 23.9 Å². The Labute approximate surface area is 260 Å². The average molecular weight is 641 g/mol. The molecular formula is C28H48O8S4. The minimum atomic E-state index is -0.476. The van der Waals surface area contributed by atoms with Crippen LogP contribution in [0.2, 0.25) is 0 Å². The Balaban J connectivity index is -0.000000575. The number of carbonyl (C=O) groups excluding carboxylic acids is 4. The summed E-state index contributed by atoms with van der Waals surface area (Å²) in [4.78, 5) is 44.9. The van der Waals surface area contributed by atoms with E-state index in [-0.39, 0.29) is 35.0 Å². The molecule has 0 amide bonds. The molecular weight excluding hydrogens is 593 g/mol. The van der Waals surface area contributed by atoms with Gasteiger partial charge in [0.2, 0.25) is 0 Å². The fraction of sp³-hybridized carbons (Fsp3) is 0.679. The van der Waals surface area contributed by atoms with Crippen LogP contribution in [0.5, 0.6) is 0 Å². The maximum absolute atomic E-state index is 12.0. The van der Waals surface area contributed by atoms with Crippen molar-refractivity contribution in [2.45, 2.75) is 91.1 Å². The van der Waals surface area contributed by atoms with Crippen molar-refractivity contribution in [2.24, 2.45) is 5.92 Å². The lowest BCUT2D eigenvalue weighted by Gasteiger charge is -2.18. The van der Waals surface area contributed by atoms with Gasteiger partial charge in [0.15, 0.2) is 0 Å². The summed E-state index contributed by atoms with van der Waals surface area (Å²) in [5.74, 6) is -1.51. The summed E-state index contributed by atoms with van der Waals surface area (Å²) in [5.41, 5.74) is 0. The Hall–Kier alpha value is -1.50. The van der Waals surface area contributed by atoms with E-state index in [0.29, 0.717) is 37.1 Å². The molecule has 0 radical (unpaired) electrons. The number of unbranched alkanes of at least 4 members (excludes halogenated alkanes) is 2. The molecule has 3 atom stereocenters. The Morgan fingerprint density at radius 3 is 1.77 bits per heavy atom. The van der Waals surface area contributed by atoms with Crippen molar-refractivity contribution in [1.82, 2.24) is 0 Å². The first-order valence-electron chi connectivity index (χ1n) is 13.3. The van der Waals surface area contributed by atoms with Crippen LogP contribution >= 0.6 is 48.4 Å². The van der Waals surface area contributed by atoms with Crippen LogP contribution in [-0.4, -0.2) is 65.0 Å². The summed E-state index contributed by atoms with van der Waals surface area (Å²) in [6, 6.07) is 0. The monoisotopic (exact) mass is 640 g/mol. The van der Waals surface area contributed by atoms with Crippen LogP contribution in [0.3, 0.4) is 0 Å². The highest BCUT2D eigenvalue weighted by Crippen LogP contribution is 2.29. The van der Waals surface area contributed by atoms with Crippen molar-refractivity contribution in [3.63, 3.8) is 0 Å². The van der Waals surface area contributed by atoms with Gasteiger partial charge < -0.3 is 18.9 Å². The zero-order valence-corrected chi connectivity index (χ0v) is 28.4. The molecule has 0 N–H and O–H groups in total. The molecule has 0 aliphatic carbocycles. The topological polar surface area (TPSA) is 105 Å². The number of hydrogen-bond donors (Lipinski definition) is 1. The third kappa shape index (κ3) is 28.0. The first-order chi connectivity index (χ1) is 18.8. The number of esters is 4. The van der Waals surface area contributed by atoms with E-state index < -0.39 is 5.25 Å². The van der Waals surface area contributed by atoms with Gasteiger partial charge in [-0.3, -0.25) is 14.4 Å². The molecule has 0 saturated carbocycles. The second kappa shape index (κ2) is 29.0. The molecule has 0 fully saturated rings. The van der Waals surface area contributed by atoms with Crippen LogP contribution in [0.15, 0.2) is 23.5 Å². The molecule has 0 aromatic rings. The van der Waals surface area contributed by atoms with Crippen molar-refractivity contribution in [1.29, 1.82) is 0 Å². The average Bonchev–Trinajstić information content (AvgIpc) is 2.88. The highest BCUT2D eigenvalue weighted by molar-refractivity contribution is 8.23. The molecule has 0 aromatic carbocycles. The van der Waals surface area contributed by atoms with Crippen LogP contribution in [0.4, 0.5) is 0 Å². The van der Waals surface area contributed by atoms with Gasteiger partial charge in [0.25, 0.3) is 0 Å². The molecule has 0 aliphatic rings. The summed E-state index contributed by atoms with van der Waals surface area (Å²) in [7, 11) is 0. The summed E-state index contributed by atoms with van der Waals surface area (Å²) >= 11 is 11.5. The lowest BCUT2D eigenvalue weighted by molar-refractivity contribution is -0.148. The zero-order chi connectivity index (χ0) is 31.5. The van der Waals surface area contributed by atoms with Crippen molar-refractivity contribution < 1.29 is 38.1 Å². The minimum Gasteiger partial charge on any atom is -0.466 e. The van der Waals surface area contributed by atoms with Gasteiger partial charge in [0.1, 0.15) is 10.5 Å². The summed E-state index contributed by atoms with van der Waals surface area (Å²) in [5, 5.41) is -0.649. The fourth-order valence-electron chi connectivity index (χ4n) is 2.40. The smallest absolute Gasteiger partial charge is 0.330 e. The van der Waals surface area contributed by atoms with Gasteiger partial charge in [0.05, 0.1) is 32.3 Å². The Kier molecular flexibility index (Phi) is 31.2. The molecule has 0 aromatic heterocycles. The van der Waals surface area contributed by atoms with E-state index in [1.807, 2.05) is 13.8 Å². The number of thioether (sulfide) groups is 2. The van der Waals surface area contributed by atoms with E-state index in [1.165, 1.54) is 29.6 Å². The molecule has 40 heavy (non-hydrogen) atoms. The number of carbonyl (C=O) groups is 4. The molecule has 12 heteroatoms. The van der Waals surface area contributed by atoms with E-state index in [9.17, 15) is 19.2 Å². The van der Waals surface area contributed by atoms with Crippen molar-refractivity contribution in [3.8, 4) is 0 Å². The second-order valence-corrected chi connectivity index (χ2v) is 12.7. The summed E-state index contributed by atoms with van der Waals surface area (Å²) in [6.07, 6.45) is 5.30. The Morgan fingerprint density at radius 1 is 0.850 bits per heavy atom. The highest BCUT2D eigenvalue weighted by Gasteiger charge is 2.27. The SMILES string of the molecule is C=C(S)SC(CC(C)C(=O)OCC)C(=O)OCCCC.C=CC(=O)OCCCC.CCOC(=O)C(C)SC(C)=S. The quantitative estimate of drug-likeness (QED) is 0.0446. The molecule has 0 spiro atoms. The van der Waals surface area contributed by atoms with Crippen LogP contribution in [0, 0.1) is 5.92 Å². The van der Waals surface area contributed by atoms with Gasteiger partial charge in [-0.2, -0.15) is 0 Å². The largest absolute Gasteiger partial charge is 0.466 e. The minimum absolute atomic E-state index is 0.174. The summed E-state index contributed by atoms with van der Waals surface area (Å²) in [6.45, 7) is 21.6. The summed E-state index contributed by atoms with van der Waals surface area (Å²) < 4.78 is 20.9. The molecule has 3 unspecified atom stereocenters. The third-order valence-electron chi connectivity index (χ3n) is 4.41. The molecule has 0 aliphatic heterocycles. The molecule has 232 valence electrons. The zero-order valence-electron chi connectivity index (χ0n) is 25.0. The molecule has 0 saturated heterocycles. The molecule has 8 nitrogen and oxygen atoms in total. The highest BCUT2D eigenvalue weighted by atomic mass is 32.2. The van der Waals surface area contributed by atoms with Crippen LogP contribution < -0.4 is 0 Å². The lowest BCUT2D eigenvalue weighted by atomic mass is 10.1. The predicted molar refractivity (Wildman–Crippen MR) is 174 cm³/mol. The number of thiol groups is 1. The first kappa shape index (κ1) is 43.0. The third-order valence-corrected chi connectivity index (χ3v) is 6.83. The van der Waals surface area contributed by atoms with Gasteiger partial charge in [0, 0.05) is 14.5 Å². The van der Waals surface area contributed by atoms with Crippen LogP contribution in [-0.2, 0) is 38.1 Å². The Bertz CT molecular complexity index is 773.